The van der Waals surface area contributed by atoms with Crippen LogP contribution in [-0.4, -0.2) is 30.8 Å². The van der Waals surface area contributed by atoms with Gasteiger partial charge in [0.25, 0.3) is 0 Å². The van der Waals surface area contributed by atoms with Crippen LogP contribution in [0.5, 0.6) is 0 Å². The third-order valence-corrected chi connectivity index (χ3v) is 3.32. The molecule has 0 aromatic rings. The molecule has 1 saturated carbocycles. The number of ether oxygens (including phenoxy) is 1. The van der Waals surface area contributed by atoms with E-state index in [1.165, 1.54) is 6.42 Å². The van der Waals surface area contributed by atoms with Crippen molar-refractivity contribution in [2.24, 2.45) is 5.41 Å². The number of carbonyl (C=O) groups excluding carboxylic acids is 1. The van der Waals surface area contributed by atoms with Crippen LogP contribution in [0.3, 0.4) is 0 Å². The highest BCUT2D eigenvalue weighted by Gasteiger charge is 2.51. The maximum absolute atomic E-state index is 11.5. The van der Waals surface area contributed by atoms with E-state index in [2.05, 4.69) is 10.6 Å². The van der Waals surface area contributed by atoms with Crippen molar-refractivity contribution in [3.8, 4) is 0 Å². The molecule has 1 atom stereocenters. The van der Waals surface area contributed by atoms with Crippen LogP contribution < -0.4 is 10.6 Å². The minimum atomic E-state index is -0.404. The minimum absolute atomic E-state index is 0. The zero-order chi connectivity index (χ0) is 11.1. The average molecular weight is 249 g/mol. The number of hydrogen-bond donors (Lipinski definition) is 2. The molecule has 2 rings (SSSR count). The first kappa shape index (κ1) is 13.6. The van der Waals surface area contributed by atoms with Crippen molar-refractivity contribution in [1.29, 1.82) is 0 Å². The normalized spacial score (nSPS) is 26.1. The summed E-state index contributed by atoms with van der Waals surface area (Å²) in [5, 5.41) is 6.23. The maximum atomic E-state index is 11.5. The number of rotatable bonds is 1. The molecular formula is C11H21ClN2O2. The Bertz CT molecular complexity index is 266. The molecule has 1 amide bonds. The number of halogens is 1. The molecular weight excluding hydrogens is 228 g/mol. The highest BCUT2D eigenvalue weighted by molar-refractivity contribution is 5.85. The van der Waals surface area contributed by atoms with E-state index >= 15 is 0 Å². The summed E-state index contributed by atoms with van der Waals surface area (Å²) in [6.45, 7) is 7.72. The van der Waals surface area contributed by atoms with E-state index in [4.69, 9.17) is 4.74 Å². The van der Waals surface area contributed by atoms with E-state index < -0.39 is 5.60 Å². The molecule has 4 nitrogen and oxygen atoms in total. The lowest BCUT2D eigenvalue weighted by atomic mass is 9.60. The Hall–Kier alpha value is -0.480. The van der Waals surface area contributed by atoms with E-state index in [1.54, 1.807) is 0 Å². The zero-order valence-electron chi connectivity index (χ0n) is 10.1. The van der Waals surface area contributed by atoms with Crippen LogP contribution in [-0.2, 0) is 4.74 Å². The summed E-state index contributed by atoms with van der Waals surface area (Å²) < 4.78 is 5.24. The third kappa shape index (κ3) is 2.61. The third-order valence-electron chi connectivity index (χ3n) is 3.32. The molecule has 0 aromatic heterocycles. The van der Waals surface area contributed by atoms with Gasteiger partial charge in [-0.15, -0.1) is 12.4 Å². The van der Waals surface area contributed by atoms with Gasteiger partial charge in [0.05, 0.1) is 0 Å². The molecule has 1 spiro atoms. The van der Waals surface area contributed by atoms with Crippen molar-refractivity contribution < 1.29 is 9.53 Å². The number of nitrogens with one attached hydrogen (secondary N) is 2. The molecule has 1 aliphatic heterocycles. The molecule has 1 heterocycles. The van der Waals surface area contributed by atoms with Crippen LogP contribution in [0.1, 0.15) is 33.6 Å². The molecule has 0 aromatic carbocycles. The van der Waals surface area contributed by atoms with Crippen LogP contribution in [0.2, 0.25) is 0 Å². The van der Waals surface area contributed by atoms with Gasteiger partial charge in [-0.2, -0.15) is 0 Å². The lowest BCUT2D eigenvalue weighted by Gasteiger charge is -2.56. The van der Waals surface area contributed by atoms with Crippen molar-refractivity contribution in [3.63, 3.8) is 0 Å². The molecule has 2 aliphatic rings. The van der Waals surface area contributed by atoms with Crippen molar-refractivity contribution in [2.75, 3.05) is 13.1 Å². The second kappa shape index (κ2) is 4.41. The standard InChI is InChI=1S/C11H20N2O2.ClH/c1-10(2,3)15-9(14)13-8-4-5-11(8)6-12-7-11;/h8,12H,4-7H2,1-3H3,(H,13,14);1H/t8-;/m1./s1. The lowest BCUT2D eigenvalue weighted by molar-refractivity contribution is -0.00548. The summed E-state index contributed by atoms with van der Waals surface area (Å²) in [5.74, 6) is 0. The highest BCUT2D eigenvalue weighted by atomic mass is 35.5. The van der Waals surface area contributed by atoms with E-state index in [0.29, 0.717) is 11.5 Å². The maximum Gasteiger partial charge on any atom is 0.407 e. The molecule has 1 aliphatic carbocycles. The molecule has 2 fully saturated rings. The summed E-state index contributed by atoms with van der Waals surface area (Å²) in [4.78, 5) is 11.5. The first-order valence-electron chi connectivity index (χ1n) is 5.62. The van der Waals surface area contributed by atoms with Crippen LogP contribution in [0.4, 0.5) is 4.79 Å². The van der Waals surface area contributed by atoms with Gasteiger partial charge in [-0.05, 0) is 33.6 Å². The SMILES string of the molecule is CC(C)(C)OC(=O)N[C@@H]1CCC12CNC2.Cl. The Morgan fingerprint density at radius 1 is 1.44 bits per heavy atom. The smallest absolute Gasteiger partial charge is 0.407 e. The quantitative estimate of drug-likeness (QED) is 0.743. The van der Waals surface area contributed by atoms with E-state index in [-0.39, 0.29) is 18.5 Å². The van der Waals surface area contributed by atoms with Crippen LogP contribution in [0.15, 0.2) is 0 Å². The summed E-state index contributed by atoms with van der Waals surface area (Å²) in [6.07, 6.45) is 2.03. The average Bonchev–Trinajstić information content (AvgIpc) is 1.91. The molecule has 0 unspecified atom stereocenters. The fourth-order valence-corrected chi connectivity index (χ4v) is 2.24. The number of carbonyl (C=O) groups is 1. The van der Waals surface area contributed by atoms with E-state index in [9.17, 15) is 4.79 Å². The molecule has 16 heavy (non-hydrogen) atoms. The van der Waals surface area contributed by atoms with Gasteiger partial charge in [0.1, 0.15) is 5.60 Å². The van der Waals surface area contributed by atoms with Crippen molar-refractivity contribution >= 4 is 18.5 Å². The van der Waals surface area contributed by atoms with Crippen LogP contribution in [0, 0.1) is 5.41 Å². The summed E-state index contributed by atoms with van der Waals surface area (Å²) in [6, 6.07) is 0.314. The van der Waals surface area contributed by atoms with Crippen LogP contribution >= 0.6 is 12.4 Å². The Morgan fingerprint density at radius 2 is 2.06 bits per heavy atom. The van der Waals surface area contributed by atoms with Gasteiger partial charge in [-0.25, -0.2) is 4.79 Å². The molecule has 0 radical (unpaired) electrons. The Labute approximate surface area is 103 Å². The summed E-state index contributed by atoms with van der Waals surface area (Å²) in [5.41, 5.74) is -0.0598. The van der Waals surface area contributed by atoms with Gasteiger partial charge in [-0.3, -0.25) is 0 Å². The predicted molar refractivity (Wildman–Crippen MR) is 64.9 cm³/mol. The second-order valence-electron chi connectivity index (χ2n) is 5.70. The number of amides is 1. The lowest BCUT2D eigenvalue weighted by Crippen LogP contribution is -2.69. The van der Waals surface area contributed by atoms with Gasteiger partial charge in [0.15, 0.2) is 0 Å². The zero-order valence-corrected chi connectivity index (χ0v) is 10.9. The van der Waals surface area contributed by atoms with Gasteiger partial charge < -0.3 is 15.4 Å². The van der Waals surface area contributed by atoms with Crippen molar-refractivity contribution in [2.45, 2.75) is 45.3 Å². The van der Waals surface area contributed by atoms with E-state index in [0.717, 1.165) is 19.5 Å². The molecule has 2 N–H and O–H groups in total. The Balaban J connectivity index is 0.00000128. The fraction of sp³-hybridized carbons (Fsp3) is 0.909. The first-order valence-corrected chi connectivity index (χ1v) is 5.62. The van der Waals surface area contributed by atoms with Gasteiger partial charge >= 0.3 is 6.09 Å². The minimum Gasteiger partial charge on any atom is -0.444 e. The van der Waals surface area contributed by atoms with Crippen molar-refractivity contribution in [3.05, 3.63) is 0 Å². The number of alkyl carbamates (subject to hydrolysis) is 1. The van der Waals surface area contributed by atoms with Gasteiger partial charge in [0.2, 0.25) is 0 Å². The van der Waals surface area contributed by atoms with Gasteiger partial charge in [-0.1, -0.05) is 0 Å². The predicted octanol–water partition coefficient (Wildman–Crippen LogP) is 1.68. The van der Waals surface area contributed by atoms with E-state index in [1.807, 2.05) is 20.8 Å². The topological polar surface area (TPSA) is 50.4 Å². The summed E-state index contributed by atoms with van der Waals surface area (Å²) in [7, 11) is 0. The molecule has 1 saturated heterocycles. The summed E-state index contributed by atoms with van der Waals surface area (Å²) >= 11 is 0. The fourth-order valence-electron chi connectivity index (χ4n) is 2.24. The molecule has 94 valence electrons. The number of hydrogen-bond acceptors (Lipinski definition) is 3. The molecule has 0 bridgehead atoms. The monoisotopic (exact) mass is 248 g/mol. The Morgan fingerprint density at radius 3 is 2.38 bits per heavy atom. The largest absolute Gasteiger partial charge is 0.444 e. The second-order valence-corrected chi connectivity index (χ2v) is 5.70. The molecule has 5 heteroatoms. The highest BCUT2D eigenvalue weighted by Crippen LogP contribution is 2.44. The van der Waals surface area contributed by atoms with Gasteiger partial charge in [0, 0.05) is 24.5 Å². The van der Waals surface area contributed by atoms with Crippen molar-refractivity contribution in [1.82, 2.24) is 10.6 Å². The Kier molecular flexibility index (Phi) is 3.75. The van der Waals surface area contributed by atoms with Crippen LogP contribution in [0.25, 0.3) is 0 Å². The first-order chi connectivity index (χ1) is 6.91.